The van der Waals surface area contributed by atoms with Crippen molar-refractivity contribution >= 4 is 46.3 Å². The van der Waals surface area contributed by atoms with Gasteiger partial charge in [-0.1, -0.05) is 6.92 Å². The molecule has 26 heavy (non-hydrogen) atoms. The summed E-state index contributed by atoms with van der Waals surface area (Å²) in [6.07, 6.45) is 0. The maximum atomic E-state index is 5.43. The number of aliphatic imine (C=N–C) groups is 1. The first kappa shape index (κ1) is 21.7. The monoisotopic (exact) mass is 493 g/mol. The van der Waals surface area contributed by atoms with Crippen molar-refractivity contribution < 1.29 is 4.74 Å². The van der Waals surface area contributed by atoms with Crippen LogP contribution in [0.1, 0.15) is 6.92 Å². The van der Waals surface area contributed by atoms with Gasteiger partial charge in [0.2, 0.25) is 0 Å². The molecule has 0 aromatic carbocycles. The standard InChI is InChI=1S/C18H31N5OS.HI/c1-16(15-21-9-11-24-12-10-21)14-20-18(19-2)23-7-5-22(6-8-23)17-4-3-13-25-17;/h3-4,13,16H,5-12,14-15H2,1-2H3,(H,19,20);1H. The Bertz CT molecular complexity index is 528. The lowest BCUT2D eigenvalue weighted by atomic mass is 10.1. The molecule has 2 aliphatic heterocycles. The Morgan fingerprint density at radius 3 is 2.58 bits per heavy atom. The van der Waals surface area contributed by atoms with Gasteiger partial charge in [0.1, 0.15) is 0 Å². The maximum absolute atomic E-state index is 5.43. The third-order valence-corrected chi connectivity index (χ3v) is 5.82. The van der Waals surface area contributed by atoms with Gasteiger partial charge in [0.05, 0.1) is 18.2 Å². The average molecular weight is 493 g/mol. The fourth-order valence-corrected chi connectivity index (χ4v) is 4.26. The molecule has 2 fully saturated rings. The van der Waals surface area contributed by atoms with Gasteiger partial charge in [-0.05, 0) is 23.4 Å². The molecule has 0 amide bonds. The molecule has 2 aliphatic rings. The predicted octanol–water partition coefficient (Wildman–Crippen LogP) is 2.03. The highest BCUT2D eigenvalue weighted by Gasteiger charge is 2.21. The molecule has 1 aromatic heterocycles. The molecular weight excluding hydrogens is 461 g/mol. The molecule has 1 aromatic rings. The smallest absolute Gasteiger partial charge is 0.193 e. The van der Waals surface area contributed by atoms with Gasteiger partial charge in [-0.3, -0.25) is 9.89 Å². The Balaban J connectivity index is 0.00000243. The number of ether oxygens (including phenoxy) is 1. The largest absolute Gasteiger partial charge is 0.379 e. The van der Waals surface area contributed by atoms with Crippen LogP contribution in [0.3, 0.4) is 0 Å². The molecule has 0 aliphatic carbocycles. The van der Waals surface area contributed by atoms with E-state index in [1.165, 1.54) is 5.00 Å². The van der Waals surface area contributed by atoms with Crippen molar-refractivity contribution in [3.05, 3.63) is 17.5 Å². The van der Waals surface area contributed by atoms with Crippen molar-refractivity contribution in [3.63, 3.8) is 0 Å². The van der Waals surface area contributed by atoms with Crippen LogP contribution in [-0.4, -0.2) is 88.4 Å². The fourth-order valence-electron chi connectivity index (χ4n) is 3.48. The van der Waals surface area contributed by atoms with Crippen LogP contribution < -0.4 is 10.2 Å². The zero-order valence-electron chi connectivity index (χ0n) is 15.9. The van der Waals surface area contributed by atoms with Crippen molar-refractivity contribution in [1.82, 2.24) is 15.1 Å². The van der Waals surface area contributed by atoms with Gasteiger partial charge in [-0.15, -0.1) is 35.3 Å². The molecule has 1 N–H and O–H groups in total. The highest BCUT2D eigenvalue weighted by atomic mass is 127. The van der Waals surface area contributed by atoms with E-state index in [1.807, 2.05) is 18.4 Å². The number of rotatable bonds is 5. The summed E-state index contributed by atoms with van der Waals surface area (Å²) in [7, 11) is 1.89. The summed E-state index contributed by atoms with van der Waals surface area (Å²) < 4.78 is 5.43. The quantitative estimate of drug-likeness (QED) is 0.387. The van der Waals surface area contributed by atoms with Gasteiger partial charge in [0, 0.05) is 59.4 Å². The minimum Gasteiger partial charge on any atom is -0.379 e. The zero-order valence-corrected chi connectivity index (χ0v) is 19.0. The number of nitrogens with one attached hydrogen (secondary N) is 1. The lowest BCUT2D eigenvalue weighted by Crippen LogP contribution is -2.53. The number of hydrogen-bond donors (Lipinski definition) is 1. The molecule has 8 heteroatoms. The third kappa shape index (κ3) is 6.24. The van der Waals surface area contributed by atoms with Crippen molar-refractivity contribution in [1.29, 1.82) is 0 Å². The first-order valence-corrected chi connectivity index (χ1v) is 10.2. The van der Waals surface area contributed by atoms with Crippen LogP contribution in [0.15, 0.2) is 22.5 Å². The summed E-state index contributed by atoms with van der Waals surface area (Å²) in [5, 5.41) is 7.11. The van der Waals surface area contributed by atoms with Gasteiger partial charge in [-0.25, -0.2) is 0 Å². The number of piperazine rings is 1. The molecule has 6 nitrogen and oxygen atoms in total. The minimum absolute atomic E-state index is 0. The van der Waals surface area contributed by atoms with E-state index in [1.54, 1.807) is 0 Å². The van der Waals surface area contributed by atoms with E-state index in [4.69, 9.17) is 4.74 Å². The SMILES string of the molecule is CN=C(NCC(C)CN1CCOCC1)N1CCN(c2cccs2)CC1.I. The molecule has 0 radical (unpaired) electrons. The Labute approximate surface area is 178 Å². The number of morpholine rings is 1. The Hall–Kier alpha value is -0.580. The van der Waals surface area contributed by atoms with Crippen LogP contribution in [-0.2, 0) is 4.74 Å². The van der Waals surface area contributed by atoms with E-state index < -0.39 is 0 Å². The lowest BCUT2D eigenvalue weighted by Gasteiger charge is -2.37. The maximum Gasteiger partial charge on any atom is 0.193 e. The van der Waals surface area contributed by atoms with Gasteiger partial charge in [-0.2, -0.15) is 0 Å². The third-order valence-electron chi connectivity index (χ3n) is 4.89. The van der Waals surface area contributed by atoms with Crippen LogP contribution in [0.5, 0.6) is 0 Å². The normalized spacial score (nSPS) is 20.6. The molecule has 0 bridgehead atoms. The van der Waals surface area contributed by atoms with Crippen molar-refractivity contribution in [2.45, 2.75) is 6.92 Å². The second-order valence-electron chi connectivity index (χ2n) is 6.87. The lowest BCUT2D eigenvalue weighted by molar-refractivity contribution is 0.0320. The summed E-state index contributed by atoms with van der Waals surface area (Å²) in [4.78, 5) is 11.8. The number of guanidine groups is 1. The predicted molar refractivity (Wildman–Crippen MR) is 121 cm³/mol. The Morgan fingerprint density at radius 1 is 1.23 bits per heavy atom. The molecule has 148 valence electrons. The van der Waals surface area contributed by atoms with Crippen LogP contribution in [0.4, 0.5) is 5.00 Å². The molecule has 1 unspecified atom stereocenters. The molecule has 0 spiro atoms. The zero-order chi connectivity index (χ0) is 17.5. The fraction of sp³-hybridized carbons (Fsp3) is 0.722. The second-order valence-corrected chi connectivity index (χ2v) is 7.80. The highest BCUT2D eigenvalue weighted by Crippen LogP contribution is 2.22. The molecule has 3 heterocycles. The summed E-state index contributed by atoms with van der Waals surface area (Å²) in [5.41, 5.74) is 0. The number of nitrogens with zero attached hydrogens (tertiary/aromatic N) is 4. The number of anilines is 1. The first-order valence-electron chi connectivity index (χ1n) is 9.30. The number of thiophene rings is 1. The number of hydrogen-bond acceptors (Lipinski definition) is 5. The van der Waals surface area contributed by atoms with Gasteiger partial charge in [0.15, 0.2) is 5.96 Å². The van der Waals surface area contributed by atoms with Crippen molar-refractivity contribution in [3.8, 4) is 0 Å². The van der Waals surface area contributed by atoms with E-state index >= 15 is 0 Å². The summed E-state index contributed by atoms with van der Waals surface area (Å²) in [6.45, 7) is 12.4. The summed E-state index contributed by atoms with van der Waals surface area (Å²) in [5.74, 6) is 1.64. The van der Waals surface area contributed by atoms with Crippen LogP contribution in [0.2, 0.25) is 0 Å². The van der Waals surface area contributed by atoms with Crippen molar-refractivity contribution in [2.75, 3.05) is 77.5 Å². The highest BCUT2D eigenvalue weighted by molar-refractivity contribution is 14.0. The van der Waals surface area contributed by atoms with E-state index in [-0.39, 0.29) is 24.0 Å². The molecule has 0 saturated carbocycles. The molecular formula is C18H32IN5OS. The van der Waals surface area contributed by atoms with Crippen molar-refractivity contribution in [2.24, 2.45) is 10.9 Å². The summed E-state index contributed by atoms with van der Waals surface area (Å²) in [6, 6.07) is 4.34. The second kappa shape index (κ2) is 11.3. The van der Waals surface area contributed by atoms with Crippen LogP contribution in [0.25, 0.3) is 0 Å². The Kier molecular flexibility index (Phi) is 9.44. The topological polar surface area (TPSA) is 43.3 Å². The van der Waals surface area contributed by atoms with Crippen LogP contribution in [0, 0.1) is 5.92 Å². The Morgan fingerprint density at radius 2 is 1.96 bits per heavy atom. The van der Waals surface area contributed by atoms with Gasteiger partial charge < -0.3 is 19.9 Å². The van der Waals surface area contributed by atoms with E-state index in [2.05, 4.69) is 49.4 Å². The van der Waals surface area contributed by atoms with Gasteiger partial charge >= 0.3 is 0 Å². The van der Waals surface area contributed by atoms with E-state index in [0.717, 1.165) is 71.5 Å². The van der Waals surface area contributed by atoms with E-state index in [0.29, 0.717) is 5.92 Å². The minimum atomic E-state index is 0. The molecule has 1 atom stereocenters. The molecule has 2 saturated heterocycles. The van der Waals surface area contributed by atoms with Gasteiger partial charge in [0.25, 0.3) is 0 Å². The van der Waals surface area contributed by atoms with Crippen LogP contribution >= 0.6 is 35.3 Å². The number of halogens is 1. The average Bonchev–Trinajstić information content (AvgIpc) is 3.18. The first-order chi connectivity index (χ1) is 12.3. The molecule has 3 rings (SSSR count). The summed E-state index contributed by atoms with van der Waals surface area (Å²) >= 11 is 1.82. The van der Waals surface area contributed by atoms with E-state index in [9.17, 15) is 0 Å².